The first kappa shape index (κ1) is 29.1. The molecule has 6 rings (SSSR count). The number of phenols is 1. The van der Waals surface area contributed by atoms with E-state index in [2.05, 4.69) is 113 Å². The summed E-state index contributed by atoms with van der Waals surface area (Å²) in [5, 5.41) is 10.5. The first-order chi connectivity index (χ1) is 21.2. The van der Waals surface area contributed by atoms with Crippen molar-refractivity contribution in [2.75, 3.05) is 0 Å². The van der Waals surface area contributed by atoms with E-state index in [-0.39, 0.29) is 5.75 Å². The van der Waals surface area contributed by atoms with Crippen LogP contribution >= 0.6 is 0 Å². The van der Waals surface area contributed by atoms with Crippen LogP contribution < -0.4 is 0 Å². The Morgan fingerprint density at radius 1 is 0.591 bits per heavy atom. The van der Waals surface area contributed by atoms with Crippen LogP contribution in [0.2, 0.25) is 0 Å². The molecular weight excluding hydrogens is 538 g/mol. The Morgan fingerprint density at radius 2 is 1.18 bits per heavy atom. The zero-order valence-electron chi connectivity index (χ0n) is 26.3. The number of pyridine rings is 1. The van der Waals surface area contributed by atoms with Crippen LogP contribution in [0.5, 0.6) is 5.75 Å². The lowest BCUT2D eigenvalue weighted by molar-refractivity contribution is 0.477. The van der Waals surface area contributed by atoms with E-state index in [1.807, 2.05) is 36.4 Å². The fourth-order valence-electron chi connectivity index (χ4n) is 6.14. The number of benzene rings is 4. The molecular formula is C40H39N3O. The zero-order chi connectivity index (χ0) is 31.0. The molecule has 0 unspecified atom stereocenters. The normalized spacial score (nSPS) is 11.5. The molecule has 0 aliphatic rings. The molecule has 4 nitrogen and oxygen atoms in total. The molecule has 2 aromatic heterocycles. The van der Waals surface area contributed by atoms with Crippen molar-refractivity contribution in [3.05, 3.63) is 132 Å². The molecule has 0 aliphatic heterocycles. The Balaban J connectivity index is 1.57. The highest BCUT2D eigenvalue weighted by Gasteiger charge is 2.22. The van der Waals surface area contributed by atoms with Crippen LogP contribution in [0.1, 0.15) is 61.8 Å². The van der Waals surface area contributed by atoms with Gasteiger partial charge in [0.2, 0.25) is 0 Å². The molecule has 4 aromatic carbocycles. The van der Waals surface area contributed by atoms with Gasteiger partial charge in [-0.1, -0.05) is 100 Å². The van der Waals surface area contributed by atoms with Gasteiger partial charge in [0, 0.05) is 28.5 Å². The number of hydrogen-bond donors (Lipinski definition) is 1. The summed E-state index contributed by atoms with van der Waals surface area (Å²) < 4.78 is 2.32. The second kappa shape index (κ2) is 12.0. The average molecular weight is 578 g/mol. The summed E-state index contributed by atoms with van der Waals surface area (Å²) in [4.78, 5) is 10.3. The maximum atomic E-state index is 10.5. The van der Waals surface area contributed by atoms with E-state index < -0.39 is 0 Å². The van der Waals surface area contributed by atoms with E-state index in [1.165, 1.54) is 33.5 Å². The first-order valence-electron chi connectivity index (χ1n) is 15.4. The standard InChI is InChI=1S/C40H39N3O/c1-25(2)31-18-11-19-32(26(3)4)39(31)43-24-36(38-27(5)13-9-14-28(38)6)42-40(43)30-16-10-15-29(23-30)34-20-12-21-35(41-34)33-17-7-8-22-37(33)44/h7-26,44H,1-6H3. The van der Waals surface area contributed by atoms with E-state index >= 15 is 0 Å². The quantitative estimate of drug-likeness (QED) is 0.205. The van der Waals surface area contributed by atoms with Crippen molar-refractivity contribution in [2.45, 2.75) is 53.4 Å². The molecule has 220 valence electrons. The predicted octanol–water partition coefficient (Wildman–Crippen LogP) is 10.5. The Labute approximate surface area is 260 Å². The first-order valence-corrected chi connectivity index (χ1v) is 15.4. The molecule has 0 atom stereocenters. The largest absolute Gasteiger partial charge is 0.507 e. The molecule has 0 fully saturated rings. The van der Waals surface area contributed by atoms with Crippen LogP contribution in [-0.4, -0.2) is 19.6 Å². The van der Waals surface area contributed by atoms with Gasteiger partial charge in [-0.3, -0.25) is 4.57 Å². The molecule has 0 spiro atoms. The molecule has 0 saturated carbocycles. The van der Waals surface area contributed by atoms with Gasteiger partial charge in [0.25, 0.3) is 0 Å². The van der Waals surface area contributed by atoms with Crippen LogP contribution in [0.3, 0.4) is 0 Å². The minimum atomic E-state index is 0.219. The Bertz CT molecular complexity index is 1920. The molecule has 2 heterocycles. The SMILES string of the molecule is Cc1cccc(C)c1-c1cn(-c2c(C(C)C)cccc2C(C)C)c(-c2cccc(-c3cccc(-c4ccccc4O)n3)c2)n1. The summed E-state index contributed by atoms with van der Waals surface area (Å²) >= 11 is 0. The van der Waals surface area contributed by atoms with Crippen molar-refractivity contribution in [2.24, 2.45) is 0 Å². The van der Waals surface area contributed by atoms with E-state index in [1.54, 1.807) is 6.07 Å². The number of aromatic nitrogens is 3. The number of imidazole rings is 1. The van der Waals surface area contributed by atoms with Crippen molar-refractivity contribution in [3.63, 3.8) is 0 Å². The molecule has 44 heavy (non-hydrogen) atoms. The minimum absolute atomic E-state index is 0.219. The number of aromatic hydroxyl groups is 1. The van der Waals surface area contributed by atoms with Crippen molar-refractivity contribution in [1.29, 1.82) is 0 Å². The van der Waals surface area contributed by atoms with Crippen LogP contribution in [0.15, 0.2) is 109 Å². The third kappa shape index (κ3) is 5.44. The topological polar surface area (TPSA) is 50.9 Å². The van der Waals surface area contributed by atoms with Gasteiger partial charge in [-0.15, -0.1) is 0 Å². The molecule has 6 aromatic rings. The smallest absolute Gasteiger partial charge is 0.145 e. The zero-order valence-corrected chi connectivity index (χ0v) is 26.3. The number of nitrogens with zero attached hydrogens (tertiary/aromatic N) is 3. The van der Waals surface area contributed by atoms with Crippen LogP contribution in [0, 0.1) is 13.8 Å². The number of aryl methyl sites for hydroxylation is 2. The van der Waals surface area contributed by atoms with Crippen LogP contribution in [0.25, 0.3) is 50.8 Å². The van der Waals surface area contributed by atoms with E-state index in [0.29, 0.717) is 17.4 Å². The van der Waals surface area contributed by atoms with Gasteiger partial charge >= 0.3 is 0 Å². The molecule has 0 amide bonds. The molecule has 4 heteroatoms. The summed E-state index contributed by atoms with van der Waals surface area (Å²) in [7, 11) is 0. The monoisotopic (exact) mass is 577 g/mol. The lowest BCUT2D eigenvalue weighted by atomic mass is 9.92. The second-order valence-electron chi connectivity index (χ2n) is 12.2. The molecule has 0 bridgehead atoms. The number of hydrogen-bond acceptors (Lipinski definition) is 3. The Morgan fingerprint density at radius 3 is 1.86 bits per heavy atom. The second-order valence-corrected chi connectivity index (χ2v) is 12.2. The molecule has 1 N–H and O–H groups in total. The fraction of sp³-hybridized carbons (Fsp3) is 0.200. The number of rotatable bonds is 7. The number of para-hydroxylation sites is 2. The fourth-order valence-corrected chi connectivity index (χ4v) is 6.14. The third-order valence-corrected chi connectivity index (χ3v) is 8.37. The van der Waals surface area contributed by atoms with E-state index in [4.69, 9.17) is 9.97 Å². The maximum absolute atomic E-state index is 10.5. The van der Waals surface area contributed by atoms with Gasteiger partial charge in [-0.25, -0.2) is 9.97 Å². The summed E-state index contributed by atoms with van der Waals surface area (Å²) in [6, 6.07) is 34.8. The summed E-state index contributed by atoms with van der Waals surface area (Å²) in [6.45, 7) is 13.4. The third-order valence-electron chi connectivity index (χ3n) is 8.37. The Hall–Kier alpha value is -4.96. The highest BCUT2D eigenvalue weighted by atomic mass is 16.3. The van der Waals surface area contributed by atoms with Gasteiger partial charge in [0.1, 0.15) is 11.6 Å². The average Bonchev–Trinajstić information content (AvgIpc) is 3.45. The van der Waals surface area contributed by atoms with Crippen molar-refractivity contribution in [1.82, 2.24) is 14.5 Å². The van der Waals surface area contributed by atoms with Gasteiger partial charge in [0.15, 0.2) is 0 Å². The molecule has 0 aliphatic carbocycles. The van der Waals surface area contributed by atoms with Crippen molar-refractivity contribution >= 4 is 0 Å². The van der Waals surface area contributed by atoms with Crippen LogP contribution in [0.4, 0.5) is 0 Å². The van der Waals surface area contributed by atoms with Gasteiger partial charge in [-0.2, -0.15) is 0 Å². The van der Waals surface area contributed by atoms with E-state index in [9.17, 15) is 5.11 Å². The number of phenolic OH excluding ortho intramolecular Hbond substituents is 1. The minimum Gasteiger partial charge on any atom is -0.507 e. The highest BCUT2D eigenvalue weighted by Crippen LogP contribution is 2.38. The summed E-state index contributed by atoms with van der Waals surface area (Å²) in [6.07, 6.45) is 2.22. The summed E-state index contributed by atoms with van der Waals surface area (Å²) in [5.41, 5.74) is 12.7. The van der Waals surface area contributed by atoms with Gasteiger partial charge in [0.05, 0.1) is 22.8 Å². The Kier molecular flexibility index (Phi) is 7.92. The predicted molar refractivity (Wildman–Crippen MR) is 182 cm³/mol. The van der Waals surface area contributed by atoms with E-state index in [0.717, 1.165) is 34.0 Å². The van der Waals surface area contributed by atoms with Gasteiger partial charge < -0.3 is 5.11 Å². The lowest BCUT2D eigenvalue weighted by Gasteiger charge is -2.22. The van der Waals surface area contributed by atoms with Gasteiger partial charge in [-0.05, 0) is 78.3 Å². The lowest BCUT2D eigenvalue weighted by Crippen LogP contribution is -2.07. The van der Waals surface area contributed by atoms with Crippen molar-refractivity contribution < 1.29 is 5.11 Å². The highest BCUT2D eigenvalue weighted by molar-refractivity contribution is 5.76. The molecule has 0 saturated heterocycles. The van der Waals surface area contributed by atoms with Crippen LogP contribution in [-0.2, 0) is 0 Å². The molecule has 0 radical (unpaired) electrons. The van der Waals surface area contributed by atoms with Crippen molar-refractivity contribution in [3.8, 4) is 56.6 Å². The maximum Gasteiger partial charge on any atom is 0.145 e. The summed E-state index contributed by atoms with van der Waals surface area (Å²) in [5.74, 6) is 1.80.